The molecule has 0 aliphatic heterocycles. The minimum Gasteiger partial charge on any atom is -0.481 e. The second kappa shape index (κ2) is 5.62. The first kappa shape index (κ1) is 15.1. The molecular weight excluding hydrogens is 256 g/mol. The van der Waals surface area contributed by atoms with Crippen LogP contribution < -0.4 is 10.6 Å². The lowest BCUT2D eigenvalue weighted by Gasteiger charge is -2.42. The Morgan fingerprint density at radius 2 is 1.75 bits per heavy atom. The SMILES string of the molecule is CC1(C)CCC(NC(=O)NC2(CC(=O)O)CCC2)CC1. The number of carboxylic acids is 1. The number of nitrogens with one attached hydrogen (secondary N) is 2. The maximum atomic E-state index is 12.0. The first-order valence-corrected chi connectivity index (χ1v) is 7.61. The summed E-state index contributed by atoms with van der Waals surface area (Å²) in [7, 11) is 0. The molecule has 114 valence electrons. The zero-order chi connectivity index (χ0) is 14.8. The average Bonchev–Trinajstić information content (AvgIpc) is 2.28. The van der Waals surface area contributed by atoms with E-state index in [-0.39, 0.29) is 18.5 Å². The van der Waals surface area contributed by atoms with Crippen LogP contribution in [-0.4, -0.2) is 28.7 Å². The standard InChI is InChI=1S/C15H26N2O3/c1-14(2)8-4-11(5-9-14)16-13(20)17-15(6-3-7-15)10-12(18)19/h11H,3-10H2,1-2H3,(H,18,19)(H2,16,17,20). The molecular formula is C15H26N2O3. The summed E-state index contributed by atoms with van der Waals surface area (Å²) < 4.78 is 0. The van der Waals surface area contributed by atoms with Gasteiger partial charge >= 0.3 is 12.0 Å². The van der Waals surface area contributed by atoms with Crippen LogP contribution in [0.3, 0.4) is 0 Å². The van der Waals surface area contributed by atoms with Crippen molar-refractivity contribution in [3.05, 3.63) is 0 Å². The molecule has 3 N–H and O–H groups in total. The van der Waals surface area contributed by atoms with Crippen LogP contribution in [0.4, 0.5) is 4.79 Å². The molecule has 0 radical (unpaired) electrons. The van der Waals surface area contributed by atoms with Gasteiger partial charge in [-0.25, -0.2) is 4.79 Å². The molecule has 0 atom stereocenters. The smallest absolute Gasteiger partial charge is 0.315 e. The summed E-state index contributed by atoms with van der Waals surface area (Å²) in [5, 5.41) is 14.8. The first-order valence-electron chi connectivity index (χ1n) is 7.61. The topological polar surface area (TPSA) is 78.4 Å². The summed E-state index contributed by atoms with van der Waals surface area (Å²) in [6, 6.07) is 0.0284. The maximum absolute atomic E-state index is 12.0. The third-order valence-electron chi connectivity index (χ3n) is 4.85. The predicted molar refractivity (Wildman–Crippen MR) is 76.5 cm³/mol. The summed E-state index contributed by atoms with van der Waals surface area (Å²) in [5.74, 6) is -0.843. The Kier molecular flexibility index (Phi) is 4.25. The second-order valence-corrected chi connectivity index (χ2v) is 7.24. The molecule has 20 heavy (non-hydrogen) atoms. The van der Waals surface area contributed by atoms with Crippen molar-refractivity contribution in [2.24, 2.45) is 5.41 Å². The Morgan fingerprint density at radius 3 is 2.20 bits per heavy atom. The van der Waals surface area contributed by atoms with Gasteiger partial charge in [-0.15, -0.1) is 0 Å². The fourth-order valence-corrected chi connectivity index (χ4v) is 3.24. The van der Waals surface area contributed by atoms with Gasteiger partial charge in [-0.1, -0.05) is 13.8 Å². The highest BCUT2D eigenvalue weighted by atomic mass is 16.4. The molecule has 5 nitrogen and oxygen atoms in total. The number of urea groups is 1. The molecule has 0 unspecified atom stereocenters. The van der Waals surface area contributed by atoms with Crippen LogP contribution in [0.15, 0.2) is 0 Å². The van der Waals surface area contributed by atoms with Gasteiger partial charge in [0, 0.05) is 6.04 Å². The Balaban J connectivity index is 1.79. The molecule has 5 heteroatoms. The van der Waals surface area contributed by atoms with Crippen LogP contribution in [0, 0.1) is 5.41 Å². The van der Waals surface area contributed by atoms with Gasteiger partial charge in [-0.2, -0.15) is 0 Å². The number of aliphatic carboxylic acids is 1. The summed E-state index contributed by atoms with van der Waals surface area (Å²) in [4.78, 5) is 22.9. The van der Waals surface area contributed by atoms with Crippen molar-refractivity contribution in [2.45, 2.75) is 76.8 Å². The lowest BCUT2D eigenvalue weighted by Crippen LogP contribution is -2.58. The Hall–Kier alpha value is -1.26. The number of rotatable bonds is 4. The van der Waals surface area contributed by atoms with Crippen molar-refractivity contribution >= 4 is 12.0 Å². The van der Waals surface area contributed by atoms with E-state index in [0.717, 1.165) is 44.9 Å². The summed E-state index contributed by atoms with van der Waals surface area (Å²) in [5.41, 5.74) is -0.128. The van der Waals surface area contributed by atoms with Crippen LogP contribution in [0.5, 0.6) is 0 Å². The van der Waals surface area contributed by atoms with E-state index in [1.165, 1.54) is 0 Å². The van der Waals surface area contributed by atoms with Gasteiger partial charge in [0.15, 0.2) is 0 Å². The molecule has 2 amide bonds. The van der Waals surface area contributed by atoms with Crippen LogP contribution in [0.1, 0.15) is 65.2 Å². The van der Waals surface area contributed by atoms with Gasteiger partial charge in [0.25, 0.3) is 0 Å². The average molecular weight is 282 g/mol. The zero-order valence-corrected chi connectivity index (χ0v) is 12.5. The van der Waals surface area contributed by atoms with Crippen molar-refractivity contribution in [3.63, 3.8) is 0 Å². The molecule has 0 aromatic rings. The van der Waals surface area contributed by atoms with Crippen molar-refractivity contribution in [2.75, 3.05) is 0 Å². The van der Waals surface area contributed by atoms with E-state index < -0.39 is 11.5 Å². The van der Waals surface area contributed by atoms with Crippen LogP contribution in [0.25, 0.3) is 0 Å². The summed E-state index contributed by atoms with van der Waals surface area (Å²) in [6.45, 7) is 4.53. The highest BCUT2D eigenvalue weighted by molar-refractivity contribution is 5.77. The lowest BCUT2D eigenvalue weighted by atomic mass is 9.74. The van der Waals surface area contributed by atoms with E-state index in [9.17, 15) is 9.59 Å². The third kappa shape index (κ3) is 3.87. The largest absolute Gasteiger partial charge is 0.481 e. The normalized spacial score (nSPS) is 24.5. The molecule has 0 aromatic heterocycles. The van der Waals surface area contributed by atoms with E-state index >= 15 is 0 Å². The molecule has 2 fully saturated rings. The van der Waals surface area contributed by atoms with Gasteiger partial charge in [-0.05, 0) is 50.4 Å². The monoisotopic (exact) mass is 282 g/mol. The van der Waals surface area contributed by atoms with Crippen LogP contribution in [0.2, 0.25) is 0 Å². The number of amides is 2. The summed E-state index contributed by atoms with van der Waals surface area (Å²) >= 11 is 0. The molecule has 2 aliphatic rings. The minimum absolute atomic E-state index is 0.0259. The quantitative estimate of drug-likeness (QED) is 0.741. The predicted octanol–water partition coefficient (Wildman–Crippen LogP) is 2.65. The van der Waals surface area contributed by atoms with E-state index in [2.05, 4.69) is 24.5 Å². The number of carbonyl (C=O) groups excluding carboxylic acids is 1. The highest BCUT2D eigenvalue weighted by Gasteiger charge is 2.40. The maximum Gasteiger partial charge on any atom is 0.315 e. The Morgan fingerprint density at radius 1 is 1.15 bits per heavy atom. The minimum atomic E-state index is -0.843. The van der Waals surface area contributed by atoms with Gasteiger partial charge in [0.05, 0.1) is 12.0 Å². The third-order valence-corrected chi connectivity index (χ3v) is 4.85. The van der Waals surface area contributed by atoms with E-state index in [4.69, 9.17) is 5.11 Å². The van der Waals surface area contributed by atoms with Gasteiger partial charge < -0.3 is 15.7 Å². The molecule has 0 spiro atoms. The molecule has 0 bridgehead atoms. The van der Waals surface area contributed by atoms with Crippen LogP contribution >= 0.6 is 0 Å². The molecule has 0 saturated heterocycles. The molecule has 2 aliphatic carbocycles. The van der Waals surface area contributed by atoms with E-state index in [1.54, 1.807) is 0 Å². The molecule has 2 saturated carbocycles. The van der Waals surface area contributed by atoms with Crippen LogP contribution in [-0.2, 0) is 4.79 Å². The lowest BCUT2D eigenvalue weighted by molar-refractivity contribution is -0.139. The molecule has 0 aromatic carbocycles. The van der Waals surface area contributed by atoms with Crippen molar-refractivity contribution in [1.82, 2.24) is 10.6 Å². The molecule has 2 rings (SSSR count). The number of carbonyl (C=O) groups is 2. The van der Waals surface area contributed by atoms with Crippen molar-refractivity contribution < 1.29 is 14.7 Å². The second-order valence-electron chi connectivity index (χ2n) is 7.24. The Bertz CT molecular complexity index is 379. The van der Waals surface area contributed by atoms with Crippen molar-refractivity contribution in [1.29, 1.82) is 0 Å². The van der Waals surface area contributed by atoms with Crippen molar-refractivity contribution in [3.8, 4) is 0 Å². The number of hydrogen-bond donors (Lipinski definition) is 3. The van der Waals surface area contributed by atoms with E-state index in [0.29, 0.717) is 5.41 Å². The highest BCUT2D eigenvalue weighted by Crippen LogP contribution is 2.36. The van der Waals surface area contributed by atoms with E-state index in [1.807, 2.05) is 0 Å². The first-order chi connectivity index (χ1) is 9.30. The Labute approximate surface area is 120 Å². The van der Waals surface area contributed by atoms with Gasteiger partial charge in [0.2, 0.25) is 0 Å². The fraction of sp³-hybridized carbons (Fsp3) is 0.867. The van der Waals surface area contributed by atoms with Gasteiger partial charge in [0.1, 0.15) is 0 Å². The fourth-order valence-electron chi connectivity index (χ4n) is 3.24. The zero-order valence-electron chi connectivity index (χ0n) is 12.5. The van der Waals surface area contributed by atoms with Gasteiger partial charge in [-0.3, -0.25) is 4.79 Å². The number of carboxylic acid groups (broad SMARTS) is 1. The summed E-state index contributed by atoms with van der Waals surface area (Å²) in [6.07, 6.45) is 6.81. The molecule has 0 heterocycles. The number of hydrogen-bond acceptors (Lipinski definition) is 2.